The van der Waals surface area contributed by atoms with Crippen LogP contribution in [-0.2, 0) is 0 Å². The predicted molar refractivity (Wildman–Crippen MR) is 75.7 cm³/mol. The summed E-state index contributed by atoms with van der Waals surface area (Å²) in [6.07, 6.45) is 3.44. The second kappa shape index (κ2) is 5.14. The summed E-state index contributed by atoms with van der Waals surface area (Å²) < 4.78 is 0. The molecule has 3 heterocycles. The van der Waals surface area contributed by atoms with Crippen molar-refractivity contribution in [3.8, 4) is 0 Å². The van der Waals surface area contributed by atoms with Gasteiger partial charge >= 0.3 is 5.97 Å². The number of carbonyl (C=O) groups excluding carboxylic acids is 1. The van der Waals surface area contributed by atoms with Gasteiger partial charge in [0.2, 0.25) is 0 Å². The number of aromatic carboxylic acids is 1. The molecule has 0 radical (unpaired) electrons. The van der Waals surface area contributed by atoms with Crippen LogP contribution in [0, 0.1) is 0 Å². The number of aromatic nitrogens is 1. The van der Waals surface area contributed by atoms with Crippen LogP contribution in [0.4, 0.5) is 5.13 Å². The lowest BCUT2D eigenvalue weighted by Crippen LogP contribution is -2.33. The number of Topliss-reactive ketones (excluding diaryl/α,β-unsaturated/α-hetero) is 1. The molecule has 2 unspecified atom stereocenters. The van der Waals surface area contributed by atoms with Gasteiger partial charge in [-0.05, 0) is 25.8 Å². The molecule has 0 amide bonds. The van der Waals surface area contributed by atoms with Crippen molar-refractivity contribution >= 4 is 28.2 Å². The van der Waals surface area contributed by atoms with E-state index < -0.39 is 5.97 Å². The van der Waals surface area contributed by atoms with Crippen molar-refractivity contribution in [1.82, 2.24) is 9.88 Å². The second-order valence-corrected chi connectivity index (χ2v) is 6.34. The van der Waals surface area contributed by atoms with E-state index in [0.717, 1.165) is 30.8 Å². The average molecular weight is 295 g/mol. The maximum atomic E-state index is 11.5. The Hall–Kier alpha value is -1.47. The van der Waals surface area contributed by atoms with Gasteiger partial charge in [-0.2, -0.15) is 0 Å². The first-order valence-electron chi connectivity index (χ1n) is 6.82. The Morgan fingerprint density at radius 1 is 1.40 bits per heavy atom. The SMILES string of the molecule is CC(=O)c1sc(NC2CCN3CCCC23)nc1C(=O)O. The van der Waals surface area contributed by atoms with Gasteiger partial charge in [0.25, 0.3) is 0 Å². The van der Waals surface area contributed by atoms with Crippen LogP contribution >= 0.6 is 11.3 Å². The van der Waals surface area contributed by atoms with Gasteiger partial charge < -0.3 is 10.4 Å². The predicted octanol–water partition coefficient (Wildman–Crippen LogP) is 1.69. The zero-order chi connectivity index (χ0) is 14.3. The van der Waals surface area contributed by atoms with Crippen molar-refractivity contribution in [1.29, 1.82) is 0 Å². The third-order valence-electron chi connectivity index (χ3n) is 4.06. The van der Waals surface area contributed by atoms with E-state index in [1.54, 1.807) is 0 Å². The van der Waals surface area contributed by atoms with Gasteiger partial charge in [0, 0.05) is 25.6 Å². The molecule has 2 saturated heterocycles. The number of carbonyl (C=O) groups is 2. The van der Waals surface area contributed by atoms with Crippen LogP contribution in [0.2, 0.25) is 0 Å². The summed E-state index contributed by atoms with van der Waals surface area (Å²) in [7, 11) is 0. The van der Waals surface area contributed by atoms with Crippen molar-refractivity contribution in [2.24, 2.45) is 0 Å². The van der Waals surface area contributed by atoms with Gasteiger partial charge in [0.1, 0.15) is 4.88 Å². The molecule has 0 spiro atoms. The molecule has 3 rings (SSSR count). The third-order valence-corrected chi connectivity index (χ3v) is 5.15. The fraction of sp³-hybridized carbons (Fsp3) is 0.615. The van der Waals surface area contributed by atoms with Crippen LogP contribution in [0.3, 0.4) is 0 Å². The van der Waals surface area contributed by atoms with Gasteiger partial charge in [-0.3, -0.25) is 9.69 Å². The van der Waals surface area contributed by atoms with Crippen molar-refractivity contribution in [3.63, 3.8) is 0 Å². The first-order chi connectivity index (χ1) is 9.56. The minimum Gasteiger partial charge on any atom is -0.476 e. The van der Waals surface area contributed by atoms with Crippen molar-refractivity contribution in [3.05, 3.63) is 10.6 Å². The molecule has 0 aliphatic carbocycles. The van der Waals surface area contributed by atoms with E-state index in [1.807, 2.05) is 0 Å². The summed E-state index contributed by atoms with van der Waals surface area (Å²) in [5.41, 5.74) is -0.133. The molecule has 108 valence electrons. The maximum absolute atomic E-state index is 11.5. The number of thiazole rings is 1. The summed E-state index contributed by atoms with van der Waals surface area (Å²) in [6, 6.07) is 0.832. The molecule has 0 bridgehead atoms. The standard InChI is InChI=1S/C13H17N3O3S/c1-7(17)11-10(12(18)19)15-13(20-11)14-8-4-6-16-5-2-3-9(8)16/h8-9H,2-6H2,1H3,(H,14,15)(H,18,19). The topological polar surface area (TPSA) is 82.5 Å². The molecule has 0 aromatic carbocycles. The second-order valence-electron chi connectivity index (χ2n) is 5.34. The van der Waals surface area contributed by atoms with Crippen molar-refractivity contribution in [2.75, 3.05) is 18.4 Å². The molecular weight excluding hydrogens is 278 g/mol. The lowest BCUT2D eigenvalue weighted by molar-refractivity contribution is 0.0687. The molecule has 0 saturated carbocycles. The summed E-state index contributed by atoms with van der Waals surface area (Å²) >= 11 is 1.15. The Bertz CT molecular complexity index is 526. The highest BCUT2D eigenvalue weighted by Gasteiger charge is 2.37. The van der Waals surface area contributed by atoms with E-state index in [-0.39, 0.29) is 16.4 Å². The fourth-order valence-corrected chi connectivity index (χ4v) is 4.09. The van der Waals surface area contributed by atoms with Gasteiger partial charge in [0.05, 0.1) is 0 Å². The number of hydrogen-bond acceptors (Lipinski definition) is 6. The number of fused-ring (bicyclic) bond motifs is 1. The maximum Gasteiger partial charge on any atom is 0.356 e. The molecule has 2 fully saturated rings. The molecule has 7 heteroatoms. The lowest BCUT2D eigenvalue weighted by atomic mass is 10.1. The van der Waals surface area contributed by atoms with Crippen LogP contribution in [0.15, 0.2) is 0 Å². The number of nitrogens with one attached hydrogen (secondary N) is 1. The van der Waals surface area contributed by atoms with Crippen LogP contribution in [-0.4, -0.2) is 51.9 Å². The molecule has 6 nitrogen and oxygen atoms in total. The molecular formula is C13H17N3O3S. The molecule has 2 aliphatic heterocycles. The first kappa shape index (κ1) is 13.5. The minimum atomic E-state index is -1.14. The van der Waals surface area contributed by atoms with Gasteiger partial charge in [-0.25, -0.2) is 9.78 Å². The van der Waals surface area contributed by atoms with Crippen molar-refractivity contribution < 1.29 is 14.7 Å². The van der Waals surface area contributed by atoms with Gasteiger partial charge in [-0.1, -0.05) is 11.3 Å². The zero-order valence-corrected chi connectivity index (χ0v) is 12.1. The lowest BCUT2D eigenvalue weighted by Gasteiger charge is -2.20. The Labute approximate surface area is 120 Å². The van der Waals surface area contributed by atoms with E-state index >= 15 is 0 Å². The Balaban J connectivity index is 1.79. The van der Waals surface area contributed by atoms with Crippen LogP contribution in [0.25, 0.3) is 0 Å². The van der Waals surface area contributed by atoms with Gasteiger partial charge in [-0.15, -0.1) is 0 Å². The smallest absolute Gasteiger partial charge is 0.356 e. The Morgan fingerprint density at radius 2 is 2.20 bits per heavy atom. The van der Waals surface area contributed by atoms with Crippen LogP contribution < -0.4 is 5.32 Å². The number of rotatable bonds is 4. The number of anilines is 1. The summed E-state index contributed by atoms with van der Waals surface area (Å²) in [4.78, 5) is 29.4. The number of nitrogens with zero attached hydrogens (tertiary/aromatic N) is 2. The Morgan fingerprint density at radius 3 is 2.85 bits per heavy atom. The number of hydrogen-bond donors (Lipinski definition) is 2. The monoisotopic (exact) mass is 295 g/mol. The largest absolute Gasteiger partial charge is 0.476 e. The van der Waals surface area contributed by atoms with E-state index in [4.69, 9.17) is 5.11 Å². The average Bonchev–Trinajstić information content (AvgIpc) is 3.06. The Kier molecular flexibility index (Phi) is 3.47. The van der Waals surface area contributed by atoms with Crippen molar-refractivity contribution in [2.45, 2.75) is 38.3 Å². The first-order valence-corrected chi connectivity index (χ1v) is 7.63. The number of ketones is 1. The van der Waals surface area contributed by atoms with Crippen LogP contribution in [0.1, 0.15) is 46.3 Å². The highest BCUT2D eigenvalue weighted by Crippen LogP contribution is 2.32. The molecule has 2 aliphatic rings. The van der Waals surface area contributed by atoms with E-state index in [9.17, 15) is 9.59 Å². The van der Waals surface area contributed by atoms with Gasteiger partial charge in [0.15, 0.2) is 16.6 Å². The molecule has 20 heavy (non-hydrogen) atoms. The third kappa shape index (κ3) is 2.31. The van der Waals surface area contributed by atoms with Crippen LogP contribution in [0.5, 0.6) is 0 Å². The van der Waals surface area contributed by atoms with E-state index in [0.29, 0.717) is 17.2 Å². The summed E-state index contributed by atoms with van der Waals surface area (Å²) in [5, 5.41) is 13.0. The number of carboxylic acid groups (broad SMARTS) is 1. The molecule has 1 aromatic heterocycles. The molecule has 1 aromatic rings. The highest BCUT2D eigenvalue weighted by atomic mass is 32.1. The van der Waals surface area contributed by atoms with E-state index in [2.05, 4.69) is 15.2 Å². The molecule has 2 N–H and O–H groups in total. The zero-order valence-electron chi connectivity index (χ0n) is 11.3. The summed E-state index contributed by atoms with van der Waals surface area (Å²) in [5.74, 6) is -1.39. The molecule has 2 atom stereocenters. The normalized spacial score (nSPS) is 25.6. The minimum absolute atomic E-state index is 0.133. The summed E-state index contributed by atoms with van der Waals surface area (Å²) in [6.45, 7) is 3.61. The highest BCUT2D eigenvalue weighted by molar-refractivity contribution is 7.17. The fourth-order valence-electron chi connectivity index (χ4n) is 3.17. The number of carboxylic acids is 1. The quantitative estimate of drug-likeness (QED) is 0.823. The van der Waals surface area contributed by atoms with E-state index in [1.165, 1.54) is 19.8 Å².